The summed E-state index contributed by atoms with van der Waals surface area (Å²) in [6.45, 7) is 12.8. The van der Waals surface area contributed by atoms with Gasteiger partial charge < -0.3 is 5.32 Å². The quantitative estimate of drug-likeness (QED) is 0.199. The van der Waals surface area contributed by atoms with E-state index in [9.17, 15) is 30.0 Å². The fourth-order valence-electron chi connectivity index (χ4n) is 3.41. The van der Waals surface area contributed by atoms with Crippen LogP contribution >= 0.6 is 0 Å². The van der Waals surface area contributed by atoms with E-state index in [-0.39, 0.29) is 19.1 Å². The molecule has 0 aromatic rings. The molecule has 0 aromatic heterocycles. The van der Waals surface area contributed by atoms with Crippen LogP contribution in [0.2, 0.25) is 0 Å². The molecule has 0 saturated carbocycles. The first-order valence-electron chi connectivity index (χ1n) is 11.6. The van der Waals surface area contributed by atoms with Gasteiger partial charge in [-0.15, -0.1) is 4.65 Å². The normalized spacial score (nSPS) is 18.5. The molecule has 0 bridgehead atoms. The van der Waals surface area contributed by atoms with Gasteiger partial charge in [-0.05, 0) is 41.5 Å². The second-order valence-corrected chi connectivity index (χ2v) is 9.44. The maximum absolute atomic E-state index is 13.1. The van der Waals surface area contributed by atoms with Crippen molar-refractivity contribution in [1.29, 1.82) is 0 Å². The maximum Gasteiger partial charge on any atom is 0.360 e. The zero-order valence-corrected chi connectivity index (χ0v) is 20.9. The summed E-state index contributed by atoms with van der Waals surface area (Å²) in [5, 5.41) is 35.3. The van der Waals surface area contributed by atoms with Crippen LogP contribution in [0, 0.1) is 0 Å². The third-order valence-electron chi connectivity index (χ3n) is 5.81. The maximum atomic E-state index is 13.1. The lowest BCUT2D eigenvalue weighted by molar-refractivity contribution is -1.05. The number of nitrogens with zero attached hydrogens (tertiary/aromatic N) is 5. The first kappa shape index (κ1) is 29.4. The van der Waals surface area contributed by atoms with Gasteiger partial charge >= 0.3 is 11.8 Å². The fraction of sp³-hybridized carbons (Fsp3) is 0.857. The van der Waals surface area contributed by atoms with Crippen LogP contribution in [0.25, 0.3) is 0 Å². The number of carbonyl (C=O) groups excluding carboxylic acids is 3. The van der Waals surface area contributed by atoms with Gasteiger partial charge in [0.2, 0.25) is 0 Å². The van der Waals surface area contributed by atoms with Crippen molar-refractivity contribution in [2.45, 2.75) is 59.7 Å². The van der Waals surface area contributed by atoms with E-state index >= 15 is 0 Å². The number of quaternary nitrogens is 1. The molecule has 1 rings (SSSR count). The molecular weight excluding hydrogens is 432 g/mol. The van der Waals surface area contributed by atoms with Crippen LogP contribution in [0.15, 0.2) is 0 Å². The molecule has 1 saturated heterocycles. The van der Waals surface area contributed by atoms with Crippen LogP contribution < -0.4 is 5.32 Å². The molecular formula is C21H43N6O6+. The summed E-state index contributed by atoms with van der Waals surface area (Å²) in [7, 11) is 0. The van der Waals surface area contributed by atoms with Crippen LogP contribution in [0.4, 0.5) is 0 Å². The zero-order chi connectivity index (χ0) is 25.3. The van der Waals surface area contributed by atoms with Crippen LogP contribution in [0.5, 0.6) is 0 Å². The Bertz CT molecular complexity index is 661. The SMILES string of the molecule is CC(C)N(O)C(=O)CN1CCNCCN(CC(=O)[N+](O)(CC(=O)N(O)C(C)C)C(C)C)CC1. The molecule has 1 aliphatic rings. The lowest BCUT2D eigenvalue weighted by atomic mass is 10.2. The minimum absolute atomic E-state index is 0.0557. The first-order chi connectivity index (χ1) is 15.3. The smallest absolute Gasteiger partial charge is 0.314 e. The molecule has 1 unspecified atom stereocenters. The van der Waals surface area contributed by atoms with Crippen molar-refractivity contribution in [1.82, 2.24) is 25.2 Å². The van der Waals surface area contributed by atoms with Gasteiger partial charge in [0.25, 0.3) is 5.91 Å². The predicted octanol–water partition coefficient (Wildman–Crippen LogP) is -0.413. The molecule has 12 heteroatoms. The Morgan fingerprint density at radius 2 is 1.27 bits per heavy atom. The summed E-state index contributed by atoms with van der Waals surface area (Å²) in [5.41, 5.74) is 0. The number of hydrogen-bond donors (Lipinski definition) is 4. The van der Waals surface area contributed by atoms with Gasteiger partial charge in [0.15, 0.2) is 6.54 Å². The highest BCUT2D eigenvalue weighted by Crippen LogP contribution is 2.13. The summed E-state index contributed by atoms with van der Waals surface area (Å²) < 4.78 is -1.11. The minimum atomic E-state index is -1.11. The molecule has 3 amide bonds. The molecule has 1 heterocycles. The monoisotopic (exact) mass is 475 g/mol. The van der Waals surface area contributed by atoms with Gasteiger partial charge in [0, 0.05) is 39.3 Å². The molecule has 1 aliphatic heterocycles. The highest BCUT2D eigenvalue weighted by molar-refractivity contribution is 5.80. The molecule has 0 aliphatic carbocycles. The van der Waals surface area contributed by atoms with E-state index in [1.165, 1.54) is 0 Å². The number of nitrogens with one attached hydrogen (secondary N) is 1. The minimum Gasteiger partial charge on any atom is -0.314 e. The standard InChI is InChI=1S/C21H43N6O6/c1-16(2)25(31)19(28)13-23-9-7-22-8-10-24(12-11-23)14-21(30)27(33,18(5)6)15-20(29)26(32)17(3)4/h16-18,22,31-33H,7-15H2,1-6H3/q+1. The highest BCUT2D eigenvalue weighted by atomic mass is 16.6. The molecule has 1 atom stereocenters. The van der Waals surface area contributed by atoms with Crippen LogP contribution in [-0.4, -0.2) is 135 Å². The third-order valence-corrected chi connectivity index (χ3v) is 5.81. The van der Waals surface area contributed by atoms with Crippen LogP contribution in [-0.2, 0) is 14.4 Å². The van der Waals surface area contributed by atoms with Crippen molar-refractivity contribution in [3.63, 3.8) is 0 Å². The second-order valence-electron chi connectivity index (χ2n) is 9.44. The number of rotatable bonds is 9. The Kier molecular flexibility index (Phi) is 11.8. The third kappa shape index (κ3) is 8.89. The molecule has 4 N–H and O–H groups in total. The van der Waals surface area contributed by atoms with Crippen molar-refractivity contribution in [3.8, 4) is 0 Å². The van der Waals surface area contributed by atoms with Crippen molar-refractivity contribution >= 4 is 17.7 Å². The Hall–Kier alpha value is -1.67. The van der Waals surface area contributed by atoms with Gasteiger partial charge in [-0.3, -0.25) is 29.8 Å². The molecule has 0 aromatic carbocycles. The predicted molar refractivity (Wildman–Crippen MR) is 120 cm³/mol. The molecule has 12 nitrogen and oxygen atoms in total. The summed E-state index contributed by atoms with van der Waals surface area (Å²) in [6.07, 6.45) is 0. The van der Waals surface area contributed by atoms with E-state index in [1.807, 2.05) is 9.80 Å². The zero-order valence-electron chi connectivity index (χ0n) is 20.9. The highest BCUT2D eigenvalue weighted by Gasteiger charge is 2.43. The number of amides is 3. The van der Waals surface area contributed by atoms with Crippen LogP contribution in [0.1, 0.15) is 41.5 Å². The van der Waals surface area contributed by atoms with Crippen molar-refractivity contribution in [3.05, 3.63) is 0 Å². The largest absolute Gasteiger partial charge is 0.360 e. The summed E-state index contributed by atoms with van der Waals surface area (Å²) >= 11 is 0. The number of hydroxylamine groups is 7. The lowest BCUT2D eigenvalue weighted by Crippen LogP contribution is -2.62. The van der Waals surface area contributed by atoms with Gasteiger partial charge in [0.05, 0.1) is 18.6 Å². The Balaban J connectivity index is 2.84. The van der Waals surface area contributed by atoms with E-state index in [4.69, 9.17) is 0 Å². The molecule has 0 radical (unpaired) electrons. The van der Waals surface area contributed by atoms with E-state index in [0.29, 0.717) is 44.3 Å². The van der Waals surface area contributed by atoms with Crippen molar-refractivity contribution < 1.29 is 34.7 Å². The Morgan fingerprint density at radius 1 is 0.818 bits per heavy atom. The van der Waals surface area contributed by atoms with Gasteiger partial charge in [-0.1, -0.05) is 0 Å². The van der Waals surface area contributed by atoms with Crippen molar-refractivity contribution in [2.24, 2.45) is 0 Å². The van der Waals surface area contributed by atoms with Gasteiger partial charge in [-0.2, -0.15) is 0 Å². The average molecular weight is 476 g/mol. The topological polar surface area (TPSA) is 137 Å². The van der Waals surface area contributed by atoms with Crippen LogP contribution in [0.3, 0.4) is 0 Å². The van der Waals surface area contributed by atoms with E-state index in [0.717, 1.165) is 5.06 Å². The van der Waals surface area contributed by atoms with Gasteiger partial charge in [0.1, 0.15) is 12.6 Å². The van der Waals surface area contributed by atoms with Crippen molar-refractivity contribution in [2.75, 3.05) is 58.9 Å². The number of carbonyl (C=O) groups is 3. The summed E-state index contributed by atoms with van der Waals surface area (Å²) in [5.74, 6) is -1.67. The first-order valence-corrected chi connectivity index (χ1v) is 11.6. The molecule has 1 fully saturated rings. The fourth-order valence-corrected chi connectivity index (χ4v) is 3.41. The Labute approximate surface area is 196 Å². The average Bonchev–Trinajstić information content (AvgIpc) is 2.84. The molecule has 33 heavy (non-hydrogen) atoms. The summed E-state index contributed by atoms with van der Waals surface area (Å²) in [6, 6.07) is -1.38. The van der Waals surface area contributed by atoms with E-state index < -0.39 is 41.0 Å². The molecule has 192 valence electrons. The Morgan fingerprint density at radius 3 is 1.73 bits per heavy atom. The number of hydrogen-bond acceptors (Lipinski definition) is 9. The lowest BCUT2D eigenvalue weighted by Gasteiger charge is -2.34. The van der Waals surface area contributed by atoms with E-state index in [2.05, 4.69) is 5.32 Å². The summed E-state index contributed by atoms with van der Waals surface area (Å²) in [4.78, 5) is 41.5. The second kappa shape index (κ2) is 13.3. The van der Waals surface area contributed by atoms with Gasteiger partial charge in [-0.25, -0.2) is 20.1 Å². The molecule has 0 spiro atoms. The van der Waals surface area contributed by atoms with E-state index in [1.54, 1.807) is 41.5 Å².